The van der Waals surface area contributed by atoms with E-state index in [2.05, 4.69) is 6.92 Å². The van der Waals surface area contributed by atoms with Crippen LogP contribution >= 0.6 is 11.6 Å². The lowest BCUT2D eigenvalue weighted by atomic mass is 10.1. The molecule has 1 aromatic rings. The fourth-order valence-electron chi connectivity index (χ4n) is 1.45. The zero-order chi connectivity index (χ0) is 11.3. The van der Waals surface area contributed by atoms with E-state index in [4.69, 9.17) is 11.6 Å². The Labute approximate surface area is 94.3 Å². The Hall–Kier alpha value is -0.630. The Balaban J connectivity index is 2.57. The average molecular weight is 233 g/mol. The molecule has 3 heteroatoms. The molecule has 0 nitrogen and oxygen atoms in total. The number of rotatable bonds is 5. The van der Waals surface area contributed by atoms with Crippen molar-refractivity contribution in [1.82, 2.24) is 0 Å². The zero-order valence-corrected chi connectivity index (χ0v) is 9.53. The van der Waals surface area contributed by atoms with Crippen LogP contribution in [0.4, 0.5) is 8.78 Å². The summed E-state index contributed by atoms with van der Waals surface area (Å²) in [5.74, 6) is -1.65. The van der Waals surface area contributed by atoms with Crippen molar-refractivity contribution in [3.05, 3.63) is 35.4 Å². The Morgan fingerprint density at radius 2 is 1.93 bits per heavy atom. The molecule has 0 aliphatic heterocycles. The van der Waals surface area contributed by atoms with Crippen LogP contribution in [-0.2, 0) is 0 Å². The highest BCUT2D eigenvalue weighted by Crippen LogP contribution is 2.27. The van der Waals surface area contributed by atoms with Gasteiger partial charge in [0.25, 0.3) is 0 Å². The molecule has 15 heavy (non-hydrogen) atoms. The standard InChI is InChI=1S/C12H15ClF2/c1-2-3-4-5-10(13)9-6-7-11(14)12(15)8-9/h6-8,10H,2-5H2,1H3. The number of halogens is 3. The summed E-state index contributed by atoms with van der Waals surface area (Å²) in [7, 11) is 0. The van der Waals surface area contributed by atoms with Gasteiger partial charge >= 0.3 is 0 Å². The van der Waals surface area contributed by atoms with Crippen molar-refractivity contribution in [3.8, 4) is 0 Å². The summed E-state index contributed by atoms with van der Waals surface area (Å²) >= 11 is 6.08. The van der Waals surface area contributed by atoms with Crippen LogP contribution in [0.2, 0.25) is 0 Å². The van der Waals surface area contributed by atoms with Crippen LogP contribution in [-0.4, -0.2) is 0 Å². The molecule has 0 saturated carbocycles. The quantitative estimate of drug-likeness (QED) is 0.504. The molecular weight excluding hydrogens is 218 g/mol. The largest absolute Gasteiger partial charge is 0.204 e. The molecule has 0 radical (unpaired) electrons. The number of alkyl halides is 1. The molecule has 0 heterocycles. The smallest absolute Gasteiger partial charge is 0.159 e. The maximum atomic E-state index is 12.9. The van der Waals surface area contributed by atoms with E-state index in [-0.39, 0.29) is 5.38 Å². The lowest BCUT2D eigenvalue weighted by molar-refractivity contribution is 0.506. The summed E-state index contributed by atoms with van der Waals surface area (Å²) < 4.78 is 25.5. The van der Waals surface area contributed by atoms with E-state index in [0.717, 1.165) is 31.7 Å². The second-order valence-corrected chi connectivity index (χ2v) is 4.16. The highest BCUT2D eigenvalue weighted by atomic mass is 35.5. The molecule has 0 spiro atoms. The van der Waals surface area contributed by atoms with Crippen LogP contribution in [0.5, 0.6) is 0 Å². The predicted molar refractivity (Wildman–Crippen MR) is 59.1 cm³/mol. The third-order valence-corrected chi connectivity index (χ3v) is 2.84. The topological polar surface area (TPSA) is 0 Å². The second kappa shape index (κ2) is 6.06. The maximum absolute atomic E-state index is 12.9. The normalized spacial score (nSPS) is 12.8. The van der Waals surface area contributed by atoms with E-state index in [1.54, 1.807) is 6.07 Å². The van der Waals surface area contributed by atoms with Gasteiger partial charge in [0, 0.05) is 0 Å². The van der Waals surface area contributed by atoms with E-state index < -0.39 is 11.6 Å². The van der Waals surface area contributed by atoms with Crippen LogP contribution in [0.1, 0.15) is 43.5 Å². The van der Waals surface area contributed by atoms with Gasteiger partial charge < -0.3 is 0 Å². The zero-order valence-electron chi connectivity index (χ0n) is 8.77. The van der Waals surface area contributed by atoms with Crippen molar-refractivity contribution in [3.63, 3.8) is 0 Å². The highest BCUT2D eigenvalue weighted by molar-refractivity contribution is 6.20. The molecular formula is C12H15ClF2. The summed E-state index contributed by atoms with van der Waals surface area (Å²) in [6.45, 7) is 2.11. The van der Waals surface area contributed by atoms with Crippen molar-refractivity contribution in [1.29, 1.82) is 0 Å². The van der Waals surface area contributed by atoms with Crippen molar-refractivity contribution in [2.24, 2.45) is 0 Å². The first-order valence-corrected chi connectivity index (χ1v) is 5.67. The molecule has 0 saturated heterocycles. The van der Waals surface area contributed by atoms with Crippen LogP contribution < -0.4 is 0 Å². The van der Waals surface area contributed by atoms with Gasteiger partial charge in [0.15, 0.2) is 11.6 Å². The van der Waals surface area contributed by atoms with Crippen LogP contribution in [0.15, 0.2) is 18.2 Å². The minimum atomic E-state index is -0.825. The fourth-order valence-corrected chi connectivity index (χ4v) is 1.74. The van der Waals surface area contributed by atoms with Gasteiger partial charge in [-0.25, -0.2) is 8.78 Å². The Bertz CT molecular complexity index is 312. The monoisotopic (exact) mass is 232 g/mol. The number of hydrogen-bond acceptors (Lipinski definition) is 0. The summed E-state index contributed by atoms with van der Waals surface area (Å²) in [6.07, 6.45) is 4.07. The van der Waals surface area contributed by atoms with Gasteiger partial charge in [-0.15, -0.1) is 11.6 Å². The van der Waals surface area contributed by atoms with E-state index in [9.17, 15) is 8.78 Å². The van der Waals surface area contributed by atoms with Crippen LogP contribution in [0, 0.1) is 11.6 Å². The van der Waals surface area contributed by atoms with Gasteiger partial charge in [-0.2, -0.15) is 0 Å². The maximum Gasteiger partial charge on any atom is 0.159 e. The Morgan fingerprint density at radius 1 is 1.20 bits per heavy atom. The second-order valence-electron chi connectivity index (χ2n) is 3.64. The lowest BCUT2D eigenvalue weighted by Crippen LogP contribution is -1.93. The summed E-state index contributed by atoms with van der Waals surface area (Å²) in [5, 5.41) is -0.216. The van der Waals surface area contributed by atoms with E-state index in [0.29, 0.717) is 5.56 Å². The van der Waals surface area contributed by atoms with Gasteiger partial charge in [-0.05, 0) is 24.1 Å². The molecule has 0 aliphatic rings. The number of benzene rings is 1. The third-order valence-electron chi connectivity index (χ3n) is 2.37. The molecule has 0 N–H and O–H groups in total. The van der Waals surface area contributed by atoms with Crippen molar-refractivity contribution in [2.45, 2.75) is 38.0 Å². The van der Waals surface area contributed by atoms with Crippen molar-refractivity contribution < 1.29 is 8.78 Å². The van der Waals surface area contributed by atoms with Crippen molar-refractivity contribution in [2.75, 3.05) is 0 Å². The van der Waals surface area contributed by atoms with Crippen LogP contribution in [0.3, 0.4) is 0 Å². The fraction of sp³-hybridized carbons (Fsp3) is 0.500. The molecule has 0 aromatic heterocycles. The molecule has 1 aromatic carbocycles. The third kappa shape index (κ3) is 3.78. The molecule has 0 amide bonds. The first-order valence-electron chi connectivity index (χ1n) is 5.24. The average Bonchev–Trinajstić information content (AvgIpc) is 2.22. The Morgan fingerprint density at radius 3 is 2.53 bits per heavy atom. The molecule has 1 rings (SSSR count). The molecule has 1 unspecified atom stereocenters. The Kier molecular flexibility index (Phi) is 5.03. The van der Waals surface area contributed by atoms with Crippen LogP contribution in [0.25, 0.3) is 0 Å². The van der Waals surface area contributed by atoms with Gasteiger partial charge in [-0.3, -0.25) is 0 Å². The summed E-state index contributed by atoms with van der Waals surface area (Å²) in [5.41, 5.74) is 0.659. The van der Waals surface area contributed by atoms with Gasteiger partial charge in [0.1, 0.15) is 0 Å². The first kappa shape index (κ1) is 12.4. The molecule has 0 fully saturated rings. The number of unbranched alkanes of at least 4 members (excludes halogenated alkanes) is 2. The van der Waals surface area contributed by atoms with E-state index in [1.807, 2.05) is 0 Å². The molecule has 84 valence electrons. The lowest BCUT2D eigenvalue weighted by Gasteiger charge is -2.09. The van der Waals surface area contributed by atoms with Gasteiger partial charge in [-0.1, -0.05) is 32.3 Å². The number of hydrogen-bond donors (Lipinski definition) is 0. The summed E-state index contributed by atoms with van der Waals surface area (Å²) in [6, 6.07) is 3.85. The van der Waals surface area contributed by atoms with E-state index >= 15 is 0 Å². The SMILES string of the molecule is CCCCCC(Cl)c1ccc(F)c(F)c1. The highest BCUT2D eigenvalue weighted by Gasteiger charge is 2.10. The van der Waals surface area contributed by atoms with Gasteiger partial charge in [0.2, 0.25) is 0 Å². The summed E-state index contributed by atoms with van der Waals surface area (Å²) in [4.78, 5) is 0. The molecule has 0 aliphatic carbocycles. The minimum Gasteiger partial charge on any atom is -0.204 e. The molecule has 0 bridgehead atoms. The van der Waals surface area contributed by atoms with Gasteiger partial charge in [0.05, 0.1) is 5.38 Å². The van der Waals surface area contributed by atoms with Crippen molar-refractivity contribution >= 4 is 11.6 Å². The molecule has 1 atom stereocenters. The first-order chi connectivity index (χ1) is 7.15. The minimum absolute atomic E-state index is 0.216. The predicted octanol–water partition coefficient (Wildman–Crippen LogP) is 4.83. The van der Waals surface area contributed by atoms with E-state index in [1.165, 1.54) is 6.07 Å².